The minimum atomic E-state index is -0.781. The zero-order chi connectivity index (χ0) is 19.8. The summed E-state index contributed by atoms with van der Waals surface area (Å²) in [4.78, 5) is 19.0. The van der Waals surface area contributed by atoms with Crippen molar-refractivity contribution in [3.63, 3.8) is 0 Å². The molecule has 5 rings (SSSR count). The summed E-state index contributed by atoms with van der Waals surface area (Å²) in [6.45, 7) is 0.920. The van der Waals surface area contributed by atoms with Gasteiger partial charge in [0.2, 0.25) is 6.79 Å². The molecule has 1 saturated heterocycles. The number of nitrogens with zero attached hydrogens (tertiary/aromatic N) is 2. The minimum absolute atomic E-state index is 0.207. The van der Waals surface area contributed by atoms with Gasteiger partial charge in [0.1, 0.15) is 6.04 Å². The fourth-order valence-corrected chi connectivity index (χ4v) is 4.38. The Morgan fingerprint density at radius 2 is 1.93 bits per heavy atom. The quantitative estimate of drug-likeness (QED) is 0.726. The molecule has 0 spiro atoms. The van der Waals surface area contributed by atoms with Gasteiger partial charge in [-0.15, -0.1) is 0 Å². The number of hydrogen-bond acceptors (Lipinski definition) is 5. The fourth-order valence-electron chi connectivity index (χ4n) is 4.38. The summed E-state index contributed by atoms with van der Waals surface area (Å²) >= 11 is 0. The summed E-state index contributed by atoms with van der Waals surface area (Å²) in [6.07, 6.45) is 2.54. The Bertz CT molecular complexity index is 1070. The van der Waals surface area contributed by atoms with Crippen molar-refractivity contribution in [2.24, 2.45) is 0 Å². The van der Waals surface area contributed by atoms with Crippen molar-refractivity contribution in [3.8, 4) is 11.5 Å². The maximum absolute atomic E-state index is 12.0. The van der Waals surface area contributed by atoms with Gasteiger partial charge in [-0.1, -0.05) is 36.8 Å². The Morgan fingerprint density at radius 1 is 1.07 bits per heavy atom. The van der Waals surface area contributed by atoms with E-state index in [0.29, 0.717) is 24.5 Å². The van der Waals surface area contributed by atoms with Crippen molar-refractivity contribution in [1.82, 2.24) is 9.88 Å². The average Bonchev–Trinajstić information content (AvgIpc) is 3.22. The van der Waals surface area contributed by atoms with Crippen LogP contribution >= 0.6 is 0 Å². The highest BCUT2D eigenvalue weighted by molar-refractivity contribution is 5.78. The molecule has 2 aliphatic heterocycles. The minimum Gasteiger partial charge on any atom is -0.480 e. The fraction of sp³-hybridized carbons (Fsp3) is 0.304. The molecule has 2 aliphatic rings. The molecule has 1 N–H and O–H groups in total. The van der Waals surface area contributed by atoms with E-state index in [9.17, 15) is 9.90 Å². The largest absolute Gasteiger partial charge is 0.480 e. The lowest BCUT2D eigenvalue weighted by Crippen LogP contribution is -2.47. The molecule has 2 atom stereocenters. The Morgan fingerprint density at radius 3 is 2.83 bits per heavy atom. The number of hydrogen-bond donors (Lipinski definition) is 1. The van der Waals surface area contributed by atoms with Gasteiger partial charge in [0, 0.05) is 5.39 Å². The van der Waals surface area contributed by atoms with Crippen LogP contribution in [-0.2, 0) is 4.79 Å². The summed E-state index contributed by atoms with van der Waals surface area (Å²) in [6, 6.07) is 17.1. The van der Waals surface area contributed by atoms with Crippen LogP contribution in [0.25, 0.3) is 10.9 Å². The van der Waals surface area contributed by atoms with Gasteiger partial charge >= 0.3 is 5.97 Å². The van der Waals surface area contributed by atoms with Gasteiger partial charge in [-0.05, 0) is 49.2 Å². The van der Waals surface area contributed by atoms with Gasteiger partial charge < -0.3 is 14.6 Å². The van der Waals surface area contributed by atoms with E-state index < -0.39 is 12.0 Å². The molecule has 6 nitrogen and oxygen atoms in total. The van der Waals surface area contributed by atoms with Crippen LogP contribution in [0.3, 0.4) is 0 Å². The number of aromatic nitrogens is 1. The highest BCUT2D eigenvalue weighted by Crippen LogP contribution is 2.39. The van der Waals surface area contributed by atoms with Gasteiger partial charge in [0.05, 0.1) is 17.3 Å². The lowest BCUT2D eigenvalue weighted by molar-refractivity contribution is -0.145. The van der Waals surface area contributed by atoms with Crippen molar-refractivity contribution < 1.29 is 19.4 Å². The van der Waals surface area contributed by atoms with E-state index in [4.69, 9.17) is 14.5 Å². The molecule has 6 heteroatoms. The molecule has 3 heterocycles. The molecule has 2 unspecified atom stereocenters. The number of para-hydroxylation sites is 1. The lowest BCUT2D eigenvalue weighted by atomic mass is 9.93. The number of benzene rings is 2. The molecular formula is C23H22N2O4. The topological polar surface area (TPSA) is 71.9 Å². The molecule has 0 bridgehead atoms. The number of ether oxygens (including phenoxy) is 2. The van der Waals surface area contributed by atoms with Gasteiger partial charge in [-0.25, -0.2) is 0 Å². The Hall–Kier alpha value is -3.12. The number of aliphatic carboxylic acids is 1. The number of fused-ring (bicyclic) bond motifs is 2. The van der Waals surface area contributed by atoms with Gasteiger partial charge in [-0.2, -0.15) is 0 Å². The van der Waals surface area contributed by atoms with Crippen LogP contribution in [0.2, 0.25) is 0 Å². The number of piperidine rings is 1. The first-order chi connectivity index (χ1) is 14.2. The van der Waals surface area contributed by atoms with Crippen LogP contribution in [0.4, 0.5) is 0 Å². The summed E-state index contributed by atoms with van der Waals surface area (Å²) < 4.78 is 11.0. The smallest absolute Gasteiger partial charge is 0.320 e. The van der Waals surface area contributed by atoms with Crippen LogP contribution < -0.4 is 9.47 Å². The van der Waals surface area contributed by atoms with Crippen molar-refractivity contribution >= 4 is 16.9 Å². The van der Waals surface area contributed by atoms with E-state index >= 15 is 0 Å². The highest BCUT2D eigenvalue weighted by atomic mass is 16.7. The molecule has 0 saturated carbocycles. The van der Waals surface area contributed by atoms with E-state index in [1.165, 1.54) is 0 Å². The summed E-state index contributed by atoms with van der Waals surface area (Å²) in [5, 5.41) is 10.9. The monoisotopic (exact) mass is 390 g/mol. The molecule has 148 valence electrons. The molecule has 29 heavy (non-hydrogen) atoms. The van der Waals surface area contributed by atoms with E-state index in [2.05, 4.69) is 11.0 Å². The SMILES string of the molecule is O=C(O)C1CCCCN1C(c1ccc2c(c1)OCO2)c1ccc2ccccc2n1. The molecule has 2 aromatic carbocycles. The van der Waals surface area contributed by atoms with E-state index in [0.717, 1.165) is 35.0 Å². The van der Waals surface area contributed by atoms with Crippen LogP contribution in [0.1, 0.15) is 36.6 Å². The Kier molecular flexibility index (Phi) is 4.56. The second kappa shape index (κ2) is 7.37. The summed E-state index contributed by atoms with van der Waals surface area (Å²) in [5.41, 5.74) is 2.71. The zero-order valence-corrected chi connectivity index (χ0v) is 16.0. The third-order valence-corrected chi connectivity index (χ3v) is 5.77. The van der Waals surface area contributed by atoms with Crippen molar-refractivity contribution in [2.45, 2.75) is 31.3 Å². The third kappa shape index (κ3) is 3.29. The summed E-state index contributed by atoms with van der Waals surface area (Å²) in [5.74, 6) is 0.626. The molecule has 0 radical (unpaired) electrons. The normalized spacial score (nSPS) is 19.9. The Labute approximate surface area is 168 Å². The standard InChI is InChI=1S/C23H22N2O4/c26-23(27)19-7-3-4-12-25(19)22(16-9-11-20-21(13-16)29-14-28-20)18-10-8-15-5-1-2-6-17(15)24-18/h1-2,5-6,8-11,13,19,22H,3-4,7,12,14H2,(H,26,27). The number of carbonyl (C=O) groups is 1. The number of likely N-dealkylation sites (tertiary alicyclic amines) is 1. The first-order valence-electron chi connectivity index (χ1n) is 9.94. The van der Waals surface area contributed by atoms with Crippen LogP contribution in [-0.4, -0.2) is 40.3 Å². The molecule has 1 aromatic heterocycles. The Balaban J connectivity index is 1.64. The van der Waals surface area contributed by atoms with E-state index in [1.807, 2.05) is 48.5 Å². The van der Waals surface area contributed by atoms with Crippen LogP contribution in [0.15, 0.2) is 54.6 Å². The highest BCUT2D eigenvalue weighted by Gasteiger charge is 2.36. The van der Waals surface area contributed by atoms with Gasteiger partial charge in [0.15, 0.2) is 11.5 Å². The van der Waals surface area contributed by atoms with Crippen molar-refractivity contribution in [3.05, 3.63) is 65.9 Å². The number of rotatable bonds is 4. The second-order valence-electron chi connectivity index (χ2n) is 7.53. The van der Waals surface area contributed by atoms with Gasteiger partial charge in [-0.3, -0.25) is 14.7 Å². The molecule has 0 aliphatic carbocycles. The predicted octanol–water partition coefficient (Wildman–Crippen LogP) is 3.99. The summed E-state index contributed by atoms with van der Waals surface area (Å²) in [7, 11) is 0. The molecular weight excluding hydrogens is 368 g/mol. The van der Waals surface area contributed by atoms with E-state index in [-0.39, 0.29) is 12.8 Å². The third-order valence-electron chi connectivity index (χ3n) is 5.77. The van der Waals surface area contributed by atoms with Gasteiger partial charge in [0.25, 0.3) is 0 Å². The first-order valence-corrected chi connectivity index (χ1v) is 9.94. The molecule has 0 amide bonds. The number of pyridine rings is 1. The zero-order valence-electron chi connectivity index (χ0n) is 16.0. The predicted molar refractivity (Wildman–Crippen MR) is 108 cm³/mol. The molecule has 1 fully saturated rings. The maximum Gasteiger partial charge on any atom is 0.320 e. The lowest BCUT2D eigenvalue weighted by Gasteiger charge is -2.39. The van der Waals surface area contributed by atoms with Crippen LogP contribution in [0, 0.1) is 0 Å². The van der Waals surface area contributed by atoms with Crippen LogP contribution in [0.5, 0.6) is 11.5 Å². The van der Waals surface area contributed by atoms with Crippen molar-refractivity contribution in [1.29, 1.82) is 0 Å². The average molecular weight is 390 g/mol. The number of carboxylic acids is 1. The van der Waals surface area contributed by atoms with E-state index in [1.54, 1.807) is 0 Å². The molecule has 3 aromatic rings. The second-order valence-corrected chi connectivity index (χ2v) is 7.53. The number of carboxylic acid groups (broad SMARTS) is 1. The maximum atomic E-state index is 12.0. The first kappa shape index (κ1) is 17.9. The van der Waals surface area contributed by atoms with Crippen molar-refractivity contribution in [2.75, 3.05) is 13.3 Å².